The lowest BCUT2D eigenvalue weighted by Crippen LogP contribution is -2.77. The minimum atomic E-state index is -3.00. The van der Waals surface area contributed by atoms with E-state index in [1.54, 1.807) is 13.0 Å². The standard InChI is InChI=1S/C28H28N2O8/c1-11-14-9-13(12-7-5-4-6-8-12)10-15(31)17(14)22(32)18-16(11)23(33)20-21(30(2)3)24(34)19(27(29)37)26(36)28(20,38)25(18)35/h4-11,16,18-21,23,31,33,38H,1-3H3,(H2,29,37)/t11-,16+,18?,19?,20+,21-,23-,28-/m0/s1. The van der Waals surface area contributed by atoms with Gasteiger partial charge in [0.1, 0.15) is 5.75 Å². The maximum Gasteiger partial charge on any atom is 0.235 e. The monoisotopic (exact) mass is 520 g/mol. The maximum absolute atomic E-state index is 13.9. The first-order valence-electron chi connectivity index (χ1n) is 12.3. The van der Waals surface area contributed by atoms with E-state index in [-0.39, 0.29) is 11.3 Å². The van der Waals surface area contributed by atoms with Gasteiger partial charge in [0.05, 0.1) is 29.5 Å². The van der Waals surface area contributed by atoms with Gasteiger partial charge in [-0.2, -0.15) is 0 Å². The highest BCUT2D eigenvalue weighted by Gasteiger charge is 2.72. The number of ketones is 4. The van der Waals surface area contributed by atoms with Crippen molar-refractivity contribution in [1.82, 2.24) is 4.90 Å². The number of nitrogens with zero attached hydrogens (tertiary/aromatic N) is 1. The number of amides is 1. The van der Waals surface area contributed by atoms with Gasteiger partial charge in [0.25, 0.3) is 0 Å². The number of aliphatic hydroxyl groups is 2. The van der Waals surface area contributed by atoms with Crippen LogP contribution in [0.15, 0.2) is 42.5 Å². The van der Waals surface area contributed by atoms with E-state index in [9.17, 15) is 39.3 Å². The van der Waals surface area contributed by atoms with E-state index >= 15 is 0 Å². The SMILES string of the molecule is C[C@H]1c2cc(-c3ccccc3)cc(O)c2C(=O)C2C(=O)[C@]3(O)C(=O)C(C(N)=O)C(=O)[C@@H](N(C)C)[C@@H]3[C@@H](O)[C@@H]21. The molecule has 5 N–H and O–H groups in total. The van der Waals surface area contributed by atoms with Crippen molar-refractivity contribution < 1.29 is 39.3 Å². The molecule has 38 heavy (non-hydrogen) atoms. The number of nitrogens with two attached hydrogens (primary N) is 1. The second-order valence-electron chi connectivity index (χ2n) is 10.7. The van der Waals surface area contributed by atoms with Crippen LogP contribution in [0.4, 0.5) is 0 Å². The number of hydrogen-bond acceptors (Lipinski definition) is 9. The molecular formula is C28H28N2O8. The molecule has 0 aromatic heterocycles. The molecule has 1 amide bonds. The van der Waals surface area contributed by atoms with Gasteiger partial charge in [-0.25, -0.2) is 0 Å². The molecule has 0 saturated heterocycles. The number of fused-ring (bicyclic) bond motifs is 3. The molecule has 3 aliphatic carbocycles. The fourth-order valence-corrected chi connectivity index (χ4v) is 6.82. The Hall–Kier alpha value is -3.73. The van der Waals surface area contributed by atoms with E-state index in [4.69, 9.17) is 5.73 Å². The summed E-state index contributed by atoms with van der Waals surface area (Å²) in [7, 11) is 2.91. The van der Waals surface area contributed by atoms with Crippen LogP contribution in [0.1, 0.15) is 28.8 Å². The molecule has 0 spiro atoms. The van der Waals surface area contributed by atoms with Crippen LogP contribution in [0.5, 0.6) is 5.75 Å². The summed E-state index contributed by atoms with van der Waals surface area (Å²) in [6, 6.07) is 10.8. The summed E-state index contributed by atoms with van der Waals surface area (Å²) >= 11 is 0. The first kappa shape index (κ1) is 25.9. The molecule has 198 valence electrons. The highest BCUT2D eigenvalue weighted by atomic mass is 16.3. The van der Waals surface area contributed by atoms with Gasteiger partial charge < -0.3 is 21.1 Å². The van der Waals surface area contributed by atoms with Crippen molar-refractivity contribution in [3.63, 3.8) is 0 Å². The van der Waals surface area contributed by atoms with Crippen molar-refractivity contribution in [3.8, 4) is 16.9 Å². The van der Waals surface area contributed by atoms with Gasteiger partial charge in [-0.15, -0.1) is 0 Å². The van der Waals surface area contributed by atoms with Crippen LogP contribution in [0.2, 0.25) is 0 Å². The number of aliphatic hydroxyl groups excluding tert-OH is 1. The first-order chi connectivity index (χ1) is 17.8. The lowest BCUT2D eigenvalue weighted by atomic mass is 9.49. The van der Waals surface area contributed by atoms with Crippen molar-refractivity contribution in [2.45, 2.75) is 30.6 Å². The fraction of sp³-hybridized carbons (Fsp3) is 0.393. The molecular weight excluding hydrogens is 492 g/mol. The Morgan fingerprint density at radius 1 is 1.00 bits per heavy atom. The molecule has 2 saturated carbocycles. The molecule has 0 aliphatic heterocycles. The van der Waals surface area contributed by atoms with Crippen LogP contribution in [0, 0.1) is 23.7 Å². The molecule has 8 atom stereocenters. The summed E-state index contributed by atoms with van der Waals surface area (Å²) in [4.78, 5) is 67.6. The van der Waals surface area contributed by atoms with Crippen LogP contribution < -0.4 is 5.73 Å². The molecule has 2 aromatic rings. The molecule has 2 aromatic carbocycles. The highest BCUT2D eigenvalue weighted by molar-refractivity contribution is 6.32. The summed E-state index contributed by atoms with van der Waals surface area (Å²) in [5.74, 6) is -13.3. The van der Waals surface area contributed by atoms with E-state index < -0.39 is 76.4 Å². The van der Waals surface area contributed by atoms with Crippen LogP contribution in [0.3, 0.4) is 0 Å². The number of hydrogen-bond donors (Lipinski definition) is 4. The molecule has 2 unspecified atom stereocenters. The van der Waals surface area contributed by atoms with Gasteiger partial charge in [-0.1, -0.05) is 37.3 Å². The van der Waals surface area contributed by atoms with Crippen LogP contribution in [0.25, 0.3) is 11.1 Å². The van der Waals surface area contributed by atoms with Gasteiger partial charge in [0, 0.05) is 5.92 Å². The Labute approximate surface area is 218 Å². The Kier molecular flexibility index (Phi) is 5.90. The zero-order chi connectivity index (χ0) is 27.8. The molecule has 0 heterocycles. The Morgan fingerprint density at radius 2 is 1.63 bits per heavy atom. The Bertz CT molecular complexity index is 1400. The van der Waals surface area contributed by atoms with Crippen molar-refractivity contribution in [2.75, 3.05) is 14.1 Å². The third kappa shape index (κ3) is 3.27. The van der Waals surface area contributed by atoms with Gasteiger partial charge in [-0.3, -0.25) is 28.9 Å². The molecule has 0 radical (unpaired) electrons. The zero-order valence-corrected chi connectivity index (χ0v) is 21.0. The molecule has 10 heteroatoms. The average Bonchev–Trinajstić information content (AvgIpc) is 2.86. The number of likely N-dealkylation sites (N-methyl/N-ethyl adjacent to an activating group) is 1. The van der Waals surface area contributed by atoms with Crippen LogP contribution in [-0.4, -0.2) is 81.1 Å². The molecule has 2 fully saturated rings. The predicted molar refractivity (Wildman–Crippen MR) is 133 cm³/mol. The number of carbonyl (C=O) groups excluding carboxylic acids is 5. The summed E-state index contributed by atoms with van der Waals surface area (Å²) in [6.07, 6.45) is -1.66. The number of rotatable bonds is 3. The van der Waals surface area contributed by atoms with Gasteiger partial charge in [-0.05, 0) is 48.8 Å². The highest BCUT2D eigenvalue weighted by Crippen LogP contribution is 2.54. The number of phenolic OH excluding ortho intramolecular Hbond substituents is 1. The third-order valence-corrected chi connectivity index (χ3v) is 8.53. The number of phenols is 1. The van der Waals surface area contributed by atoms with Crippen molar-refractivity contribution in [2.24, 2.45) is 29.4 Å². The largest absolute Gasteiger partial charge is 0.507 e. The minimum Gasteiger partial charge on any atom is -0.507 e. The Morgan fingerprint density at radius 3 is 2.21 bits per heavy atom. The Balaban J connectivity index is 1.70. The number of primary amides is 1. The quantitative estimate of drug-likeness (QED) is 0.408. The normalized spacial score (nSPS) is 34.5. The topological polar surface area (TPSA) is 175 Å². The molecule has 10 nitrogen and oxygen atoms in total. The van der Waals surface area contributed by atoms with Crippen molar-refractivity contribution in [3.05, 3.63) is 53.6 Å². The minimum absolute atomic E-state index is 0.129. The van der Waals surface area contributed by atoms with Crippen LogP contribution in [-0.2, 0) is 19.2 Å². The average molecular weight is 521 g/mol. The van der Waals surface area contributed by atoms with E-state index in [0.717, 1.165) is 5.56 Å². The smallest absolute Gasteiger partial charge is 0.235 e. The van der Waals surface area contributed by atoms with Crippen molar-refractivity contribution >= 4 is 29.0 Å². The molecule has 5 rings (SSSR count). The van der Waals surface area contributed by atoms with E-state index in [2.05, 4.69) is 0 Å². The van der Waals surface area contributed by atoms with E-state index in [1.165, 1.54) is 25.1 Å². The summed E-state index contributed by atoms with van der Waals surface area (Å²) in [5, 5.41) is 34.2. The number of Topliss-reactive ketones (excluding diaryl/α,β-unsaturated/α-hetero) is 4. The molecule has 0 bridgehead atoms. The third-order valence-electron chi connectivity index (χ3n) is 8.53. The summed E-state index contributed by atoms with van der Waals surface area (Å²) in [5.41, 5.74) is 3.97. The summed E-state index contributed by atoms with van der Waals surface area (Å²) in [6.45, 7) is 1.68. The van der Waals surface area contributed by atoms with Gasteiger partial charge in [0.15, 0.2) is 34.7 Å². The zero-order valence-electron chi connectivity index (χ0n) is 21.0. The summed E-state index contributed by atoms with van der Waals surface area (Å²) < 4.78 is 0. The second kappa shape index (κ2) is 8.65. The molecule has 3 aliphatic rings. The fourth-order valence-electron chi connectivity index (χ4n) is 6.82. The van der Waals surface area contributed by atoms with Crippen molar-refractivity contribution in [1.29, 1.82) is 0 Å². The predicted octanol–water partition coefficient (Wildman–Crippen LogP) is 0.0658. The van der Waals surface area contributed by atoms with Gasteiger partial charge in [0.2, 0.25) is 5.91 Å². The number of benzene rings is 2. The number of aromatic hydroxyl groups is 1. The first-order valence-corrected chi connectivity index (χ1v) is 12.3. The maximum atomic E-state index is 13.9. The lowest BCUT2D eigenvalue weighted by Gasteiger charge is -2.56. The second-order valence-corrected chi connectivity index (χ2v) is 10.7. The van der Waals surface area contributed by atoms with E-state index in [0.29, 0.717) is 11.1 Å². The van der Waals surface area contributed by atoms with E-state index in [1.807, 2.05) is 30.3 Å². The van der Waals surface area contributed by atoms with Gasteiger partial charge >= 0.3 is 0 Å². The lowest BCUT2D eigenvalue weighted by molar-refractivity contribution is -0.196. The number of carbonyl (C=O) groups is 5. The van der Waals surface area contributed by atoms with Crippen LogP contribution >= 0.6 is 0 Å².